The van der Waals surface area contributed by atoms with E-state index in [1.165, 1.54) is 11.8 Å². The number of carbonyl (C=O) groups is 2. The fourth-order valence-corrected chi connectivity index (χ4v) is 3.51. The van der Waals surface area contributed by atoms with Crippen LogP contribution in [-0.4, -0.2) is 32.0 Å². The first-order valence-electron chi connectivity index (χ1n) is 8.44. The highest BCUT2D eigenvalue weighted by molar-refractivity contribution is 8.00. The van der Waals surface area contributed by atoms with Crippen LogP contribution in [0.3, 0.4) is 0 Å². The SMILES string of the molecule is C[C@@H](Sc1nnc(-c2ccc(Cl)cc2)n1Cc1ccccc1)C(=O)NC(N)=O. The molecule has 0 saturated heterocycles. The minimum absolute atomic E-state index is 0.486. The molecular formula is C19H18ClN5O2S. The molecule has 9 heteroatoms. The summed E-state index contributed by atoms with van der Waals surface area (Å²) in [6.07, 6.45) is 0. The molecule has 0 aliphatic rings. The minimum atomic E-state index is -0.884. The zero-order chi connectivity index (χ0) is 20.1. The van der Waals surface area contributed by atoms with Crippen molar-refractivity contribution in [3.05, 3.63) is 65.2 Å². The van der Waals surface area contributed by atoms with Crippen molar-refractivity contribution in [2.45, 2.75) is 23.9 Å². The number of primary amides is 1. The number of nitrogens with one attached hydrogen (secondary N) is 1. The van der Waals surface area contributed by atoms with Crippen LogP contribution in [0.15, 0.2) is 59.8 Å². The molecule has 0 saturated carbocycles. The van der Waals surface area contributed by atoms with Crippen molar-refractivity contribution in [2.24, 2.45) is 5.73 Å². The third kappa shape index (κ3) is 4.90. The number of carbonyl (C=O) groups excluding carboxylic acids is 2. The van der Waals surface area contributed by atoms with Crippen molar-refractivity contribution in [1.29, 1.82) is 0 Å². The third-order valence-electron chi connectivity index (χ3n) is 3.90. The van der Waals surface area contributed by atoms with Crippen molar-refractivity contribution in [2.75, 3.05) is 0 Å². The van der Waals surface area contributed by atoms with E-state index >= 15 is 0 Å². The summed E-state index contributed by atoms with van der Waals surface area (Å²) in [6, 6.07) is 16.3. The first-order valence-corrected chi connectivity index (χ1v) is 9.70. The van der Waals surface area contributed by atoms with E-state index in [9.17, 15) is 9.59 Å². The van der Waals surface area contributed by atoms with Gasteiger partial charge in [-0.25, -0.2) is 4.79 Å². The number of rotatable bonds is 6. The van der Waals surface area contributed by atoms with Crippen LogP contribution in [0, 0.1) is 0 Å². The van der Waals surface area contributed by atoms with E-state index in [4.69, 9.17) is 17.3 Å². The van der Waals surface area contributed by atoms with Crippen LogP contribution < -0.4 is 11.1 Å². The lowest BCUT2D eigenvalue weighted by molar-refractivity contribution is -0.119. The molecule has 0 aliphatic heterocycles. The quantitative estimate of drug-likeness (QED) is 0.601. The Morgan fingerprint density at radius 3 is 2.46 bits per heavy atom. The first-order chi connectivity index (χ1) is 13.4. The molecule has 0 unspecified atom stereocenters. The number of nitrogens with two attached hydrogens (primary N) is 1. The van der Waals surface area contributed by atoms with Crippen LogP contribution in [-0.2, 0) is 11.3 Å². The van der Waals surface area contributed by atoms with Crippen molar-refractivity contribution in [3.8, 4) is 11.4 Å². The van der Waals surface area contributed by atoms with Crippen LogP contribution in [0.2, 0.25) is 5.02 Å². The van der Waals surface area contributed by atoms with Gasteiger partial charge in [0.15, 0.2) is 11.0 Å². The summed E-state index contributed by atoms with van der Waals surface area (Å²) in [6.45, 7) is 2.20. The number of nitrogens with zero attached hydrogens (tertiary/aromatic N) is 3. The normalized spacial score (nSPS) is 11.8. The van der Waals surface area contributed by atoms with Crippen molar-refractivity contribution < 1.29 is 9.59 Å². The predicted molar refractivity (Wildman–Crippen MR) is 109 cm³/mol. The van der Waals surface area contributed by atoms with Gasteiger partial charge < -0.3 is 5.73 Å². The average molecular weight is 416 g/mol. The Hall–Kier alpha value is -2.84. The molecule has 1 aromatic heterocycles. The summed E-state index contributed by atoms with van der Waals surface area (Å²) in [7, 11) is 0. The second-order valence-corrected chi connectivity index (χ2v) is 7.74. The third-order valence-corrected chi connectivity index (χ3v) is 5.23. The van der Waals surface area contributed by atoms with Gasteiger partial charge in [0, 0.05) is 10.6 Å². The molecule has 1 atom stereocenters. The van der Waals surface area contributed by atoms with E-state index in [1.54, 1.807) is 19.1 Å². The van der Waals surface area contributed by atoms with Gasteiger partial charge in [-0.05, 0) is 36.8 Å². The van der Waals surface area contributed by atoms with E-state index in [-0.39, 0.29) is 0 Å². The zero-order valence-electron chi connectivity index (χ0n) is 15.0. The van der Waals surface area contributed by atoms with Crippen LogP contribution >= 0.6 is 23.4 Å². The van der Waals surface area contributed by atoms with Crippen molar-refractivity contribution in [3.63, 3.8) is 0 Å². The Labute approximate surface area is 171 Å². The molecule has 3 amide bonds. The fraction of sp³-hybridized carbons (Fsp3) is 0.158. The van der Waals surface area contributed by atoms with Gasteiger partial charge in [0.25, 0.3) is 0 Å². The molecule has 28 heavy (non-hydrogen) atoms. The van der Waals surface area contributed by atoms with Crippen molar-refractivity contribution in [1.82, 2.24) is 20.1 Å². The maximum Gasteiger partial charge on any atom is 0.318 e. The van der Waals surface area contributed by atoms with E-state index in [0.29, 0.717) is 22.5 Å². The highest BCUT2D eigenvalue weighted by Gasteiger charge is 2.21. The molecule has 2 aromatic carbocycles. The number of thioether (sulfide) groups is 1. The van der Waals surface area contributed by atoms with Crippen LogP contribution in [0.25, 0.3) is 11.4 Å². The predicted octanol–water partition coefficient (Wildman–Crippen LogP) is 3.32. The van der Waals surface area contributed by atoms with Gasteiger partial charge in [0.05, 0.1) is 11.8 Å². The Morgan fingerprint density at radius 2 is 1.82 bits per heavy atom. The second-order valence-electron chi connectivity index (χ2n) is 6.00. The average Bonchev–Trinajstić information content (AvgIpc) is 3.05. The molecule has 3 rings (SSSR count). The number of aromatic nitrogens is 3. The van der Waals surface area contributed by atoms with Gasteiger partial charge in [-0.2, -0.15) is 0 Å². The maximum atomic E-state index is 12.0. The Bertz CT molecular complexity index is 976. The summed E-state index contributed by atoms with van der Waals surface area (Å²) >= 11 is 7.19. The molecule has 0 aliphatic carbocycles. The molecule has 0 radical (unpaired) electrons. The van der Waals surface area contributed by atoms with E-state index in [2.05, 4.69) is 15.5 Å². The van der Waals surface area contributed by atoms with E-state index in [0.717, 1.165) is 11.1 Å². The van der Waals surface area contributed by atoms with Crippen LogP contribution in [0.5, 0.6) is 0 Å². The van der Waals surface area contributed by atoms with Crippen LogP contribution in [0.4, 0.5) is 4.79 Å². The van der Waals surface area contributed by atoms with Gasteiger partial charge in [-0.3, -0.25) is 14.7 Å². The fourth-order valence-electron chi connectivity index (χ4n) is 2.53. The Balaban J connectivity index is 1.94. The first kappa shape index (κ1) is 19.9. The molecule has 0 spiro atoms. The summed E-state index contributed by atoms with van der Waals surface area (Å²) in [5, 5.41) is 11.3. The Kier molecular flexibility index (Phi) is 6.33. The monoisotopic (exact) mass is 415 g/mol. The molecule has 0 fully saturated rings. The van der Waals surface area contributed by atoms with Gasteiger partial charge in [-0.15, -0.1) is 10.2 Å². The topological polar surface area (TPSA) is 103 Å². The molecule has 3 N–H and O–H groups in total. The highest BCUT2D eigenvalue weighted by Crippen LogP contribution is 2.28. The smallest absolute Gasteiger partial charge is 0.318 e. The largest absolute Gasteiger partial charge is 0.351 e. The summed E-state index contributed by atoms with van der Waals surface area (Å²) in [4.78, 5) is 23.0. The van der Waals surface area contributed by atoms with Gasteiger partial charge >= 0.3 is 6.03 Å². The minimum Gasteiger partial charge on any atom is -0.351 e. The maximum absolute atomic E-state index is 12.0. The molecule has 144 valence electrons. The number of imide groups is 1. The summed E-state index contributed by atoms with van der Waals surface area (Å²) in [5.74, 6) is 0.172. The second kappa shape index (κ2) is 8.90. The standard InChI is InChI=1S/C19H18ClN5O2S/c1-12(17(26)22-18(21)27)28-19-24-23-16(14-7-9-15(20)10-8-14)25(19)11-13-5-3-2-4-6-13/h2-10,12H,11H2,1H3,(H3,21,22,26,27)/t12-/m1/s1. The number of amides is 3. The number of hydrogen-bond donors (Lipinski definition) is 2. The van der Waals surface area contributed by atoms with Crippen LogP contribution in [0.1, 0.15) is 12.5 Å². The summed E-state index contributed by atoms with van der Waals surface area (Å²) in [5.41, 5.74) is 6.94. The number of urea groups is 1. The molecule has 1 heterocycles. The lowest BCUT2D eigenvalue weighted by Gasteiger charge is -2.13. The zero-order valence-corrected chi connectivity index (χ0v) is 16.6. The van der Waals surface area contributed by atoms with Gasteiger partial charge in [0.1, 0.15) is 0 Å². The van der Waals surface area contributed by atoms with E-state index in [1.807, 2.05) is 47.0 Å². The molecule has 0 bridgehead atoms. The molecule has 3 aromatic rings. The lowest BCUT2D eigenvalue weighted by Crippen LogP contribution is -2.39. The summed E-state index contributed by atoms with van der Waals surface area (Å²) < 4.78 is 1.93. The Morgan fingerprint density at radius 1 is 1.14 bits per heavy atom. The molecule has 7 nitrogen and oxygen atoms in total. The lowest BCUT2D eigenvalue weighted by atomic mass is 10.2. The number of benzene rings is 2. The van der Waals surface area contributed by atoms with Crippen molar-refractivity contribution >= 4 is 35.3 Å². The van der Waals surface area contributed by atoms with E-state index < -0.39 is 17.2 Å². The number of halogens is 1. The number of hydrogen-bond acceptors (Lipinski definition) is 5. The molecular weight excluding hydrogens is 398 g/mol. The van der Waals surface area contributed by atoms with Gasteiger partial charge in [0.2, 0.25) is 5.91 Å². The van der Waals surface area contributed by atoms with Gasteiger partial charge in [-0.1, -0.05) is 53.7 Å². The highest BCUT2D eigenvalue weighted by atomic mass is 35.5.